The fourth-order valence-corrected chi connectivity index (χ4v) is 4.33. The van der Waals surface area contributed by atoms with Crippen LogP contribution in [0, 0.1) is 25.7 Å². The highest BCUT2D eigenvalue weighted by atomic mass is 32.1. The summed E-state index contributed by atoms with van der Waals surface area (Å²) in [5.74, 6) is 0.0668. The van der Waals surface area contributed by atoms with E-state index in [1.807, 2.05) is 6.92 Å². The highest BCUT2D eigenvalue weighted by Crippen LogP contribution is 2.32. The molecule has 2 heterocycles. The number of hydrogen-bond acceptors (Lipinski definition) is 4. The van der Waals surface area contributed by atoms with Gasteiger partial charge in [0.2, 0.25) is 5.91 Å². The van der Waals surface area contributed by atoms with Crippen molar-refractivity contribution in [1.82, 2.24) is 4.90 Å². The van der Waals surface area contributed by atoms with Crippen molar-refractivity contribution in [2.24, 2.45) is 11.8 Å². The molecule has 0 saturated carbocycles. The molecule has 6 heteroatoms. The fourth-order valence-electron chi connectivity index (χ4n) is 3.26. The Balaban J connectivity index is 2.03. The number of aromatic carboxylic acids is 1. The van der Waals surface area contributed by atoms with E-state index in [2.05, 4.69) is 24.1 Å². The zero-order valence-corrected chi connectivity index (χ0v) is 14.4. The van der Waals surface area contributed by atoms with Crippen LogP contribution in [-0.4, -0.2) is 41.5 Å². The summed E-state index contributed by atoms with van der Waals surface area (Å²) in [6.07, 6.45) is 1.20. The van der Waals surface area contributed by atoms with Gasteiger partial charge in [0.25, 0.3) is 0 Å². The van der Waals surface area contributed by atoms with E-state index in [-0.39, 0.29) is 11.5 Å². The van der Waals surface area contributed by atoms with Crippen LogP contribution in [0.1, 0.15) is 41.1 Å². The summed E-state index contributed by atoms with van der Waals surface area (Å²) in [4.78, 5) is 26.7. The third kappa shape index (κ3) is 3.87. The molecule has 22 heavy (non-hydrogen) atoms. The molecule has 1 amide bonds. The molecule has 2 rings (SSSR count). The number of aryl methyl sites for hydroxylation is 1. The van der Waals surface area contributed by atoms with Gasteiger partial charge in [-0.3, -0.25) is 9.69 Å². The minimum atomic E-state index is -0.989. The molecule has 0 spiro atoms. The van der Waals surface area contributed by atoms with Crippen LogP contribution in [0.3, 0.4) is 0 Å². The number of amides is 1. The van der Waals surface area contributed by atoms with E-state index < -0.39 is 5.97 Å². The molecule has 0 aromatic carbocycles. The fraction of sp³-hybridized carbons (Fsp3) is 0.625. The second-order valence-corrected chi connectivity index (χ2v) is 7.71. The van der Waals surface area contributed by atoms with Gasteiger partial charge < -0.3 is 10.4 Å². The van der Waals surface area contributed by atoms with E-state index in [4.69, 9.17) is 0 Å². The first kappa shape index (κ1) is 17.0. The normalized spacial score (nSPS) is 22.5. The summed E-state index contributed by atoms with van der Waals surface area (Å²) < 4.78 is 0. The van der Waals surface area contributed by atoms with Crippen LogP contribution in [0.5, 0.6) is 0 Å². The van der Waals surface area contributed by atoms with Gasteiger partial charge in [-0.05, 0) is 37.7 Å². The molecular weight excluding hydrogens is 300 g/mol. The minimum absolute atomic E-state index is 0.134. The van der Waals surface area contributed by atoms with E-state index in [9.17, 15) is 14.7 Å². The van der Waals surface area contributed by atoms with Crippen LogP contribution in [0.2, 0.25) is 0 Å². The molecule has 122 valence electrons. The summed E-state index contributed by atoms with van der Waals surface area (Å²) in [7, 11) is 0. The molecule has 1 saturated heterocycles. The van der Waals surface area contributed by atoms with Crippen LogP contribution in [0.4, 0.5) is 5.00 Å². The summed E-state index contributed by atoms with van der Waals surface area (Å²) in [6, 6.07) is 0. The summed E-state index contributed by atoms with van der Waals surface area (Å²) in [5, 5.41) is 12.5. The molecule has 2 unspecified atom stereocenters. The Hall–Kier alpha value is -1.40. The van der Waals surface area contributed by atoms with Crippen molar-refractivity contribution in [1.29, 1.82) is 0 Å². The highest BCUT2D eigenvalue weighted by molar-refractivity contribution is 7.16. The van der Waals surface area contributed by atoms with Crippen molar-refractivity contribution in [2.45, 2.75) is 34.1 Å². The number of carboxylic acid groups (broad SMARTS) is 1. The number of rotatable bonds is 4. The molecule has 1 aliphatic rings. The Morgan fingerprint density at radius 2 is 1.86 bits per heavy atom. The largest absolute Gasteiger partial charge is 0.478 e. The van der Waals surface area contributed by atoms with E-state index in [1.54, 1.807) is 6.92 Å². The Labute approximate surface area is 135 Å². The summed E-state index contributed by atoms with van der Waals surface area (Å²) in [5.41, 5.74) is 0.948. The Morgan fingerprint density at radius 3 is 2.41 bits per heavy atom. The number of hydrogen-bond donors (Lipinski definition) is 2. The number of anilines is 1. The SMILES string of the molecule is Cc1sc(NC(=O)CN2CC(C)CC(C)C2)c(C(=O)O)c1C. The molecule has 5 nitrogen and oxygen atoms in total. The van der Waals surface area contributed by atoms with E-state index in [1.165, 1.54) is 17.8 Å². The van der Waals surface area contributed by atoms with Gasteiger partial charge in [-0.25, -0.2) is 4.79 Å². The van der Waals surface area contributed by atoms with Crippen molar-refractivity contribution in [3.63, 3.8) is 0 Å². The number of carbonyl (C=O) groups excluding carboxylic acids is 1. The summed E-state index contributed by atoms with van der Waals surface area (Å²) >= 11 is 1.33. The standard InChI is InChI=1S/C16H24N2O3S/c1-9-5-10(2)7-18(6-9)8-13(19)17-15-14(16(20)21)11(3)12(4)22-15/h9-10H,5-8H2,1-4H3,(H,17,19)(H,20,21). The topological polar surface area (TPSA) is 69.6 Å². The third-order valence-electron chi connectivity index (χ3n) is 4.16. The van der Waals surface area contributed by atoms with E-state index >= 15 is 0 Å². The van der Waals surface area contributed by atoms with Crippen molar-refractivity contribution >= 4 is 28.2 Å². The van der Waals surface area contributed by atoms with Crippen LogP contribution in [-0.2, 0) is 4.79 Å². The monoisotopic (exact) mass is 324 g/mol. The Kier molecular flexibility index (Phi) is 5.24. The first-order chi connectivity index (χ1) is 10.3. The smallest absolute Gasteiger partial charge is 0.338 e. The number of carbonyl (C=O) groups is 2. The van der Waals surface area contributed by atoms with Crippen LogP contribution < -0.4 is 5.32 Å². The Morgan fingerprint density at radius 1 is 1.27 bits per heavy atom. The first-order valence-electron chi connectivity index (χ1n) is 7.63. The molecule has 0 radical (unpaired) electrons. The lowest BCUT2D eigenvalue weighted by Gasteiger charge is -2.34. The van der Waals surface area contributed by atoms with Crippen molar-refractivity contribution in [3.8, 4) is 0 Å². The number of thiophene rings is 1. The second-order valence-electron chi connectivity index (χ2n) is 6.48. The molecule has 0 bridgehead atoms. The molecule has 2 N–H and O–H groups in total. The zero-order chi connectivity index (χ0) is 16.4. The number of nitrogens with one attached hydrogen (secondary N) is 1. The number of likely N-dealkylation sites (tertiary alicyclic amines) is 1. The molecule has 1 aromatic heterocycles. The lowest BCUT2D eigenvalue weighted by molar-refractivity contribution is -0.117. The van der Waals surface area contributed by atoms with Crippen LogP contribution in [0.15, 0.2) is 0 Å². The number of nitrogens with zero attached hydrogens (tertiary/aromatic N) is 1. The first-order valence-corrected chi connectivity index (χ1v) is 8.45. The van der Waals surface area contributed by atoms with Crippen molar-refractivity contribution < 1.29 is 14.7 Å². The Bertz CT molecular complexity index is 572. The van der Waals surface area contributed by atoms with Gasteiger partial charge in [0.15, 0.2) is 0 Å². The predicted molar refractivity (Wildman–Crippen MR) is 88.8 cm³/mol. The van der Waals surface area contributed by atoms with Crippen molar-refractivity contribution in [2.75, 3.05) is 25.0 Å². The van der Waals surface area contributed by atoms with Gasteiger partial charge in [-0.2, -0.15) is 0 Å². The average Bonchev–Trinajstić information content (AvgIpc) is 2.62. The van der Waals surface area contributed by atoms with Gasteiger partial charge in [-0.1, -0.05) is 13.8 Å². The van der Waals surface area contributed by atoms with Gasteiger partial charge in [0, 0.05) is 18.0 Å². The lowest BCUT2D eigenvalue weighted by atomic mass is 9.92. The van der Waals surface area contributed by atoms with E-state index in [0.29, 0.717) is 23.4 Å². The van der Waals surface area contributed by atoms with Gasteiger partial charge >= 0.3 is 5.97 Å². The average molecular weight is 324 g/mol. The summed E-state index contributed by atoms with van der Waals surface area (Å²) in [6.45, 7) is 10.2. The van der Waals surface area contributed by atoms with Crippen LogP contribution in [0.25, 0.3) is 0 Å². The van der Waals surface area contributed by atoms with Gasteiger partial charge in [0.05, 0.1) is 12.1 Å². The maximum atomic E-state index is 12.3. The molecule has 2 atom stereocenters. The second kappa shape index (κ2) is 6.79. The predicted octanol–water partition coefficient (Wildman–Crippen LogP) is 2.98. The molecular formula is C16H24N2O3S. The molecule has 1 aliphatic heterocycles. The quantitative estimate of drug-likeness (QED) is 0.893. The van der Waals surface area contributed by atoms with E-state index in [0.717, 1.165) is 23.5 Å². The van der Waals surface area contributed by atoms with Gasteiger partial charge in [0.1, 0.15) is 5.00 Å². The lowest BCUT2D eigenvalue weighted by Crippen LogP contribution is -2.42. The van der Waals surface area contributed by atoms with Crippen molar-refractivity contribution in [3.05, 3.63) is 16.0 Å². The maximum Gasteiger partial charge on any atom is 0.338 e. The number of carboxylic acids is 1. The van der Waals surface area contributed by atoms with Gasteiger partial charge in [-0.15, -0.1) is 11.3 Å². The van der Waals surface area contributed by atoms with Crippen LogP contribution >= 0.6 is 11.3 Å². The molecule has 1 fully saturated rings. The maximum absolute atomic E-state index is 12.3. The zero-order valence-electron chi connectivity index (χ0n) is 13.6. The number of piperidine rings is 1. The third-order valence-corrected chi connectivity index (χ3v) is 5.29. The minimum Gasteiger partial charge on any atom is -0.478 e. The molecule has 1 aromatic rings. The molecule has 0 aliphatic carbocycles. The highest BCUT2D eigenvalue weighted by Gasteiger charge is 2.25.